The number of aliphatic imine (C=N–C) groups is 1. The third-order valence-electron chi connectivity index (χ3n) is 1.71. The SMILES string of the molecule is CCC1=c2ncoc2=CC=C=N1. The summed E-state index contributed by atoms with van der Waals surface area (Å²) < 4.78 is 5.15. The third-order valence-corrected chi connectivity index (χ3v) is 1.71. The second-order valence-corrected chi connectivity index (χ2v) is 2.44. The maximum Gasteiger partial charge on any atom is 0.182 e. The first-order chi connectivity index (χ1) is 5.92. The normalized spacial score (nSPS) is 13.9. The third kappa shape index (κ3) is 1.00. The van der Waals surface area contributed by atoms with Gasteiger partial charge in [-0.3, -0.25) is 0 Å². The van der Waals surface area contributed by atoms with Crippen molar-refractivity contribution in [1.29, 1.82) is 0 Å². The lowest BCUT2D eigenvalue weighted by Gasteiger charge is -1.87. The van der Waals surface area contributed by atoms with E-state index in [1.165, 1.54) is 6.39 Å². The van der Waals surface area contributed by atoms with E-state index in [0.717, 1.165) is 22.9 Å². The van der Waals surface area contributed by atoms with Gasteiger partial charge in [0.15, 0.2) is 11.8 Å². The van der Waals surface area contributed by atoms with Crippen LogP contribution < -0.4 is 10.8 Å². The van der Waals surface area contributed by atoms with E-state index in [1.807, 2.05) is 13.0 Å². The topological polar surface area (TPSA) is 38.4 Å². The van der Waals surface area contributed by atoms with Gasteiger partial charge in [0, 0.05) is 6.08 Å². The number of nitrogens with zero attached hydrogens (tertiary/aromatic N) is 2. The van der Waals surface area contributed by atoms with E-state index in [4.69, 9.17) is 4.42 Å². The molecule has 12 heavy (non-hydrogen) atoms. The Morgan fingerprint density at radius 3 is 3.33 bits per heavy atom. The summed E-state index contributed by atoms with van der Waals surface area (Å²) in [6.45, 7) is 2.03. The summed E-state index contributed by atoms with van der Waals surface area (Å²) in [5, 5.41) is 0.832. The van der Waals surface area contributed by atoms with E-state index in [0.29, 0.717) is 0 Å². The highest BCUT2D eigenvalue weighted by atomic mass is 16.3. The lowest BCUT2D eigenvalue weighted by molar-refractivity contribution is 0.524. The molecule has 1 aromatic heterocycles. The Kier molecular flexibility index (Phi) is 1.65. The molecule has 0 aromatic carbocycles. The molecule has 0 N–H and O–H groups in total. The molecule has 60 valence electrons. The molecule has 0 amide bonds. The van der Waals surface area contributed by atoms with Crippen LogP contribution in [0.15, 0.2) is 21.9 Å². The highest BCUT2D eigenvalue weighted by Crippen LogP contribution is 1.98. The van der Waals surface area contributed by atoms with Crippen LogP contribution in [0.25, 0.3) is 11.8 Å². The summed E-state index contributed by atoms with van der Waals surface area (Å²) >= 11 is 0. The van der Waals surface area contributed by atoms with Crippen LogP contribution in [0.4, 0.5) is 0 Å². The Morgan fingerprint density at radius 2 is 2.50 bits per heavy atom. The molecule has 2 heterocycles. The average molecular weight is 160 g/mol. The van der Waals surface area contributed by atoms with E-state index >= 15 is 0 Å². The van der Waals surface area contributed by atoms with Crippen LogP contribution in [0.1, 0.15) is 13.3 Å². The van der Waals surface area contributed by atoms with Gasteiger partial charge in [0.2, 0.25) is 0 Å². The molecule has 0 spiro atoms. The van der Waals surface area contributed by atoms with Gasteiger partial charge in [-0.2, -0.15) is 0 Å². The minimum Gasteiger partial charge on any atom is -0.443 e. The number of rotatable bonds is 1. The molecule has 1 aromatic rings. The predicted molar refractivity (Wildman–Crippen MR) is 45.9 cm³/mol. The van der Waals surface area contributed by atoms with E-state index in [2.05, 4.69) is 15.8 Å². The minimum atomic E-state index is 0.764. The zero-order valence-electron chi connectivity index (χ0n) is 6.74. The van der Waals surface area contributed by atoms with Crippen LogP contribution in [0.3, 0.4) is 0 Å². The van der Waals surface area contributed by atoms with Gasteiger partial charge in [-0.25, -0.2) is 9.98 Å². The quantitative estimate of drug-likeness (QED) is 0.589. The van der Waals surface area contributed by atoms with Gasteiger partial charge in [-0.15, -0.1) is 0 Å². The van der Waals surface area contributed by atoms with E-state index in [9.17, 15) is 0 Å². The molecule has 1 aliphatic heterocycles. The van der Waals surface area contributed by atoms with Gasteiger partial charge in [0.25, 0.3) is 0 Å². The molecular weight excluding hydrogens is 152 g/mol. The summed E-state index contributed by atoms with van der Waals surface area (Å²) in [7, 11) is 0. The summed E-state index contributed by atoms with van der Waals surface area (Å²) in [6.07, 6.45) is 5.82. The summed E-state index contributed by atoms with van der Waals surface area (Å²) in [6, 6.07) is 0. The number of aromatic nitrogens is 1. The van der Waals surface area contributed by atoms with Crippen molar-refractivity contribution in [2.24, 2.45) is 4.99 Å². The fourth-order valence-electron chi connectivity index (χ4n) is 1.12. The zero-order chi connectivity index (χ0) is 8.39. The van der Waals surface area contributed by atoms with Gasteiger partial charge >= 0.3 is 0 Å². The fraction of sp³-hybridized carbons (Fsp3) is 0.222. The second-order valence-electron chi connectivity index (χ2n) is 2.44. The van der Waals surface area contributed by atoms with Crippen LogP contribution in [-0.4, -0.2) is 10.9 Å². The van der Waals surface area contributed by atoms with Crippen molar-refractivity contribution >= 4 is 17.6 Å². The molecule has 0 fully saturated rings. The molecule has 0 bridgehead atoms. The monoisotopic (exact) mass is 160 g/mol. The number of oxazole rings is 1. The Labute approximate surface area is 69.5 Å². The van der Waals surface area contributed by atoms with E-state index in [1.54, 1.807) is 6.08 Å². The van der Waals surface area contributed by atoms with Crippen LogP contribution >= 0.6 is 0 Å². The summed E-state index contributed by atoms with van der Waals surface area (Å²) in [5.74, 6) is 2.79. The van der Waals surface area contributed by atoms with Crippen molar-refractivity contribution in [3.05, 3.63) is 23.2 Å². The zero-order valence-corrected chi connectivity index (χ0v) is 6.74. The van der Waals surface area contributed by atoms with Crippen LogP contribution in [0.2, 0.25) is 0 Å². The highest BCUT2D eigenvalue weighted by Gasteiger charge is 1.99. The second kappa shape index (κ2) is 2.80. The standard InChI is InChI=1S/C9H8N2O/c1-2-7-9-8(12-6-11-9)4-3-5-10-7/h3-4,6H,2H2,1H3. The molecule has 3 nitrogen and oxygen atoms in total. The Morgan fingerprint density at radius 1 is 1.58 bits per heavy atom. The highest BCUT2D eigenvalue weighted by molar-refractivity contribution is 5.69. The largest absolute Gasteiger partial charge is 0.443 e. The molecule has 0 aliphatic carbocycles. The Balaban J connectivity index is 2.88. The van der Waals surface area contributed by atoms with Gasteiger partial charge in [0.05, 0.1) is 5.70 Å². The summed E-state index contributed by atoms with van der Waals surface area (Å²) in [5.41, 5.74) is 1.68. The molecular formula is C9H8N2O. The minimum absolute atomic E-state index is 0.764. The average Bonchev–Trinajstić information content (AvgIpc) is 2.46. The first-order valence-electron chi connectivity index (χ1n) is 3.84. The molecule has 0 unspecified atom stereocenters. The van der Waals surface area contributed by atoms with Crippen molar-refractivity contribution in [2.45, 2.75) is 13.3 Å². The number of fused-ring (bicyclic) bond motifs is 1. The van der Waals surface area contributed by atoms with Gasteiger partial charge in [0.1, 0.15) is 5.35 Å². The number of hydrogen-bond donors (Lipinski definition) is 0. The molecule has 2 rings (SSSR count). The Bertz CT molecular complexity index is 461. The summed E-state index contributed by atoms with van der Waals surface area (Å²) in [4.78, 5) is 8.19. The van der Waals surface area contributed by atoms with Crippen molar-refractivity contribution in [3.63, 3.8) is 0 Å². The van der Waals surface area contributed by atoms with E-state index in [-0.39, 0.29) is 0 Å². The van der Waals surface area contributed by atoms with E-state index < -0.39 is 0 Å². The maximum atomic E-state index is 5.15. The molecule has 0 saturated carbocycles. The van der Waals surface area contributed by atoms with Crippen LogP contribution in [0, 0.1) is 0 Å². The van der Waals surface area contributed by atoms with Crippen molar-refractivity contribution in [3.8, 4) is 0 Å². The van der Waals surface area contributed by atoms with Crippen molar-refractivity contribution < 1.29 is 4.42 Å². The number of hydrogen-bond acceptors (Lipinski definition) is 3. The van der Waals surface area contributed by atoms with Crippen molar-refractivity contribution in [1.82, 2.24) is 4.98 Å². The van der Waals surface area contributed by atoms with Gasteiger partial charge in [-0.1, -0.05) is 6.92 Å². The predicted octanol–water partition coefficient (Wildman–Crippen LogP) is 0.213. The lowest BCUT2D eigenvalue weighted by atomic mass is 10.3. The van der Waals surface area contributed by atoms with Gasteiger partial charge in [-0.05, 0) is 18.4 Å². The Hall–Kier alpha value is -1.60. The molecule has 0 radical (unpaired) electrons. The molecule has 3 heteroatoms. The molecule has 0 saturated heterocycles. The lowest BCUT2D eigenvalue weighted by Crippen LogP contribution is -2.23. The fourth-order valence-corrected chi connectivity index (χ4v) is 1.12. The first kappa shape index (κ1) is 7.07. The maximum absolute atomic E-state index is 5.15. The molecule has 0 atom stereocenters. The molecule has 1 aliphatic rings. The van der Waals surface area contributed by atoms with Crippen LogP contribution in [0.5, 0.6) is 0 Å². The van der Waals surface area contributed by atoms with Crippen molar-refractivity contribution in [2.75, 3.05) is 0 Å². The van der Waals surface area contributed by atoms with Crippen LogP contribution in [-0.2, 0) is 0 Å². The van der Waals surface area contributed by atoms with Gasteiger partial charge < -0.3 is 4.42 Å². The first-order valence-corrected chi connectivity index (χ1v) is 3.84. The smallest absolute Gasteiger partial charge is 0.182 e. The number of allylic oxidation sites excluding steroid dienone is 1.